The van der Waals surface area contributed by atoms with Crippen LogP contribution >= 0.6 is 0 Å². The molecule has 1 aliphatic rings. The van der Waals surface area contributed by atoms with E-state index in [1.165, 1.54) is 12.8 Å². The van der Waals surface area contributed by atoms with Crippen LogP contribution in [0.15, 0.2) is 30.3 Å². The zero-order valence-corrected chi connectivity index (χ0v) is 11.3. The molecule has 3 N–H and O–H groups in total. The van der Waals surface area contributed by atoms with Crippen molar-refractivity contribution in [3.63, 3.8) is 0 Å². The Hall–Kier alpha value is -1.81. The second-order valence-corrected chi connectivity index (χ2v) is 5.01. The van der Waals surface area contributed by atoms with Crippen LogP contribution in [0.3, 0.4) is 0 Å². The van der Waals surface area contributed by atoms with Crippen molar-refractivity contribution < 1.29 is 4.79 Å². The van der Waals surface area contributed by atoms with E-state index < -0.39 is 0 Å². The fourth-order valence-electron chi connectivity index (χ4n) is 1.95. The van der Waals surface area contributed by atoms with E-state index >= 15 is 0 Å². The van der Waals surface area contributed by atoms with E-state index in [-0.39, 0.29) is 5.91 Å². The highest BCUT2D eigenvalue weighted by Gasteiger charge is 2.25. The third-order valence-corrected chi connectivity index (χ3v) is 3.27. The van der Waals surface area contributed by atoms with E-state index in [0.29, 0.717) is 12.2 Å². The van der Waals surface area contributed by atoms with Crippen molar-refractivity contribution in [3.8, 4) is 0 Å². The van der Waals surface area contributed by atoms with Crippen LogP contribution in [0.5, 0.6) is 0 Å². The van der Waals surface area contributed by atoms with Crippen molar-refractivity contribution in [1.82, 2.24) is 10.2 Å². The lowest BCUT2D eigenvalue weighted by atomic mass is 10.2. The van der Waals surface area contributed by atoms with Gasteiger partial charge in [-0.25, -0.2) is 0 Å². The molecule has 0 heterocycles. The molecule has 1 aliphatic carbocycles. The van der Waals surface area contributed by atoms with Crippen molar-refractivity contribution in [2.24, 2.45) is 0 Å². The number of hydrogen-bond acceptors (Lipinski definition) is 3. The minimum atomic E-state index is -0.0633. The topological polar surface area (TPSA) is 58.4 Å². The highest BCUT2D eigenvalue weighted by Crippen LogP contribution is 2.24. The van der Waals surface area contributed by atoms with Gasteiger partial charge in [-0.15, -0.1) is 0 Å². The molecule has 0 atom stereocenters. The van der Waals surface area contributed by atoms with Gasteiger partial charge in [0.15, 0.2) is 0 Å². The van der Waals surface area contributed by atoms with Gasteiger partial charge in [-0.1, -0.05) is 12.1 Å². The summed E-state index contributed by atoms with van der Waals surface area (Å²) in [6.07, 6.45) is 5.90. The molecule has 0 bridgehead atoms. The highest BCUT2D eigenvalue weighted by molar-refractivity contribution is 5.91. The van der Waals surface area contributed by atoms with Crippen LogP contribution in [-0.2, 0) is 4.79 Å². The van der Waals surface area contributed by atoms with Crippen molar-refractivity contribution in [2.75, 3.05) is 25.9 Å². The van der Waals surface area contributed by atoms with Gasteiger partial charge < -0.3 is 16.0 Å². The first kappa shape index (κ1) is 13.6. The lowest BCUT2D eigenvalue weighted by molar-refractivity contribution is -0.116. The van der Waals surface area contributed by atoms with Gasteiger partial charge in [0, 0.05) is 30.9 Å². The van der Waals surface area contributed by atoms with Gasteiger partial charge in [-0.2, -0.15) is 0 Å². The molecule has 0 unspecified atom stereocenters. The minimum Gasteiger partial charge on any atom is -0.399 e. The van der Waals surface area contributed by atoms with E-state index in [2.05, 4.69) is 17.3 Å². The minimum absolute atomic E-state index is 0.0633. The highest BCUT2D eigenvalue weighted by atomic mass is 16.1. The standard InChI is InChI=1S/C15H21N3O/c1-18(14-6-7-14)10-9-17-15(19)8-5-12-3-2-4-13(16)11-12/h2-5,8,11,14H,6-7,9-10,16H2,1H3,(H,17,19)/b8-5+. The van der Waals surface area contributed by atoms with Gasteiger partial charge in [0.25, 0.3) is 0 Å². The van der Waals surface area contributed by atoms with Crippen LogP contribution in [0.25, 0.3) is 6.08 Å². The maximum absolute atomic E-state index is 11.6. The number of nitrogens with two attached hydrogens (primary N) is 1. The SMILES string of the molecule is CN(CCNC(=O)/C=C/c1cccc(N)c1)C1CC1. The largest absolute Gasteiger partial charge is 0.399 e. The molecule has 19 heavy (non-hydrogen) atoms. The van der Waals surface area contributed by atoms with Gasteiger partial charge in [-0.05, 0) is 43.7 Å². The number of rotatable bonds is 6. The molecular weight excluding hydrogens is 238 g/mol. The summed E-state index contributed by atoms with van der Waals surface area (Å²) in [6, 6.07) is 8.19. The van der Waals surface area contributed by atoms with E-state index in [4.69, 9.17) is 5.73 Å². The molecule has 1 aromatic rings. The van der Waals surface area contributed by atoms with Gasteiger partial charge in [0.05, 0.1) is 0 Å². The first-order valence-electron chi connectivity index (χ1n) is 6.67. The summed E-state index contributed by atoms with van der Waals surface area (Å²) in [5, 5.41) is 2.88. The van der Waals surface area contributed by atoms with Gasteiger partial charge >= 0.3 is 0 Å². The molecule has 1 aromatic carbocycles. The number of nitrogens with zero attached hydrogens (tertiary/aromatic N) is 1. The Bertz CT molecular complexity index is 466. The first-order chi connectivity index (χ1) is 9.15. The van der Waals surface area contributed by atoms with Crippen molar-refractivity contribution >= 4 is 17.7 Å². The number of likely N-dealkylation sites (N-methyl/N-ethyl adjacent to an activating group) is 1. The Kier molecular flexibility index (Phi) is 4.58. The monoisotopic (exact) mass is 259 g/mol. The fraction of sp³-hybridized carbons (Fsp3) is 0.400. The van der Waals surface area contributed by atoms with E-state index in [0.717, 1.165) is 18.2 Å². The summed E-state index contributed by atoms with van der Waals surface area (Å²) in [5.74, 6) is -0.0633. The smallest absolute Gasteiger partial charge is 0.244 e. The molecule has 1 fully saturated rings. The fourth-order valence-corrected chi connectivity index (χ4v) is 1.95. The Morgan fingerprint density at radius 2 is 2.32 bits per heavy atom. The number of nitrogens with one attached hydrogen (secondary N) is 1. The number of carbonyl (C=O) groups excluding carboxylic acids is 1. The molecule has 0 spiro atoms. The molecule has 0 aromatic heterocycles. The predicted molar refractivity (Wildman–Crippen MR) is 78.6 cm³/mol. The molecule has 4 nitrogen and oxygen atoms in total. The quantitative estimate of drug-likeness (QED) is 0.601. The van der Waals surface area contributed by atoms with Gasteiger partial charge in [0.2, 0.25) is 5.91 Å². The average molecular weight is 259 g/mol. The molecule has 0 aliphatic heterocycles. The summed E-state index contributed by atoms with van der Waals surface area (Å²) in [7, 11) is 2.10. The van der Waals surface area contributed by atoms with E-state index in [1.54, 1.807) is 12.2 Å². The summed E-state index contributed by atoms with van der Waals surface area (Å²) in [6.45, 7) is 1.59. The normalized spacial score (nSPS) is 15.1. The van der Waals surface area contributed by atoms with Crippen LogP contribution in [0.1, 0.15) is 18.4 Å². The molecular formula is C15H21N3O. The van der Waals surface area contributed by atoms with Crippen molar-refractivity contribution in [1.29, 1.82) is 0 Å². The molecule has 4 heteroatoms. The van der Waals surface area contributed by atoms with Crippen molar-refractivity contribution in [2.45, 2.75) is 18.9 Å². The van der Waals surface area contributed by atoms with Gasteiger partial charge in [-0.3, -0.25) is 4.79 Å². The molecule has 0 saturated heterocycles. The summed E-state index contributed by atoms with van der Waals surface area (Å²) in [4.78, 5) is 13.9. The Morgan fingerprint density at radius 1 is 1.53 bits per heavy atom. The van der Waals surface area contributed by atoms with E-state index in [9.17, 15) is 4.79 Å². The molecule has 102 valence electrons. The average Bonchev–Trinajstić information content (AvgIpc) is 3.20. The Labute approximate surface area is 114 Å². The van der Waals surface area contributed by atoms with Crippen LogP contribution < -0.4 is 11.1 Å². The van der Waals surface area contributed by atoms with Crippen LogP contribution in [0, 0.1) is 0 Å². The third kappa shape index (κ3) is 4.75. The lowest BCUT2D eigenvalue weighted by Crippen LogP contribution is -2.33. The maximum atomic E-state index is 11.6. The molecule has 1 saturated carbocycles. The van der Waals surface area contributed by atoms with Crippen molar-refractivity contribution in [3.05, 3.63) is 35.9 Å². The zero-order chi connectivity index (χ0) is 13.7. The summed E-state index contributed by atoms with van der Waals surface area (Å²) in [5.41, 5.74) is 7.31. The Morgan fingerprint density at radius 3 is 3.00 bits per heavy atom. The Balaban J connectivity index is 1.71. The summed E-state index contributed by atoms with van der Waals surface area (Å²) >= 11 is 0. The number of hydrogen-bond donors (Lipinski definition) is 2. The first-order valence-corrected chi connectivity index (χ1v) is 6.67. The number of amides is 1. The second kappa shape index (κ2) is 6.38. The second-order valence-electron chi connectivity index (χ2n) is 5.01. The number of benzene rings is 1. The zero-order valence-electron chi connectivity index (χ0n) is 11.3. The lowest BCUT2D eigenvalue weighted by Gasteiger charge is -2.15. The molecule has 2 rings (SSSR count). The third-order valence-electron chi connectivity index (χ3n) is 3.27. The predicted octanol–water partition coefficient (Wildman–Crippen LogP) is 1.49. The molecule has 1 amide bonds. The van der Waals surface area contributed by atoms with Crippen LogP contribution in [0.4, 0.5) is 5.69 Å². The summed E-state index contributed by atoms with van der Waals surface area (Å²) < 4.78 is 0. The maximum Gasteiger partial charge on any atom is 0.244 e. The van der Waals surface area contributed by atoms with Gasteiger partial charge in [0.1, 0.15) is 0 Å². The van der Waals surface area contributed by atoms with Crippen LogP contribution in [-0.4, -0.2) is 37.0 Å². The molecule has 0 radical (unpaired) electrons. The number of carbonyl (C=O) groups is 1. The number of anilines is 1. The van der Waals surface area contributed by atoms with Crippen LogP contribution in [0.2, 0.25) is 0 Å². The van der Waals surface area contributed by atoms with E-state index in [1.807, 2.05) is 24.3 Å². The number of nitrogen functional groups attached to an aromatic ring is 1.